The van der Waals surface area contributed by atoms with Gasteiger partial charge < -0.3 is 9.47 Å². The van der Waals surface area contributed by atoms with Crippen molar-refractivity contribution in [3.8, 4) is 0 Å². The fourth-order valence-electron chi connectivity index (χ4n) is 1.61. The van der Waals surface area contributed by atoms with E-state index in [2.05, 4.69) is 20.8 Å². The molecule has 15 heavy (non-hydrogen) atoms. The lowest BCUT2D eigenvalue weighted by Gasteiger charge is -2.20. The lowest BCUT2D eigenvalue weighted by atomic mass is 9.97. The van der Waals surface area contributed by atoms with Gasteiger partial charge in [-0.3, -0.25) is 0 Å². The maximum absolute atomic E-state index is 6.13. The highest BCUT2D eigenvalue weighted by Gasteiger charge is 2.15. The zero-order valence-electron chi connectivity index (χ0n) is 10.7. The van der Waals surface area contributed by atoms with E-state index in [1.165, 1.54) is 6.42 Å². The SMILES string of the molecule is COC(CC(C)CCCC(C)(C)Cl)OC. The molecule has 0 amide bonds. The average Bonchev–Trinajstić information content (AvgIpc) is 2.12. The summed E-state index contributed by atoms with van der Waals surface area (Å²) in [5.74, 6) is 0.619. The minimum Gasteiger partial charge on any atom is -0.356 e. The Hall–Kier alpha value is 0.210. The molecule has 0 radical (unpaired) electrons. The predicted molar refractivity (Wildman–Crippen MR) is 65.4 cm³/mol. The first kappa shape index (κ1) is 15.2. The predicted octanol–water partition coefficient (Wildman–Crippen LogP) is 3.82. The lowest BCUT2D eigenvalue weighted by molar-refractivity contribution is -0.113. The third-order valence-electron chi connectivity index (χ3n) is 2.59. The molecule has 0 spiro atoms. The third-order valence-corrected chi connectivity index (χ3v) is 2.78. The summed E-state index contributed by atoms with van der Waals surface area (Å²) < 4.78 is 10.3. The molecule has 0 bridgehead atoms. The zero-order chi connectivity index (χ0) is 11.9. The topological polar surface area (TPSA) is 18.5 Å². The minimum absolute atomic E-state index is 0.0657. The molecule has 0 aromatic rings. The molecule has 0 rings (SSSR count). The molecule has 3 heteroatoms. The van der Waals surface area contributed by atoms with E-state index >= 15 is 0 Å². The molecule has 0 saturated heterocycles. The standard InChI is InChI=1S/C12H25ClO2/c1-10(9-11(14-4)15-5)7-6-8-12(2,3)13/h10-11H,6-9H2,1-5H3. The second kappa shape index (κ2) is 7.48. The second-order valence-corrected chi connectivity index (χ2v) is 5.88. The van der Waals surface area contributed by atoms with Gasteiger partial charge in [0.15, 0.2) is 6.29 Å². The van der Waals surface area contributed by atoms with Crippen LogP contribution in [-0.2, 0) is 9.47 Å². The first-order chi connectivity index (χ1) is 6.89. The number of alkyl halides is 1. The lowest BCUT2D eigenvalue weighted by Crippen LogP contribution is -2.17. The van der Waals surface area contributed by atoms with Crippen LogP contribution < -0.4 is 0 Å². The molecule has 0 N–H and O–H groups in total. The van der Waals surface area contributed by atoms with Crippen LogP contribution in [-0.4, -0.2) is 25.4 Å². The summed E-state index contributed by atoms with van der Waals surface area (Å²) in [6.45, 7) is 6.35. The van der Waals surface area contributed by atoms with E-state index in [0.29, 0.717) is 5.92 Å². The summed E-state index contributed by atoms with van der Waals surface area (Å²) in [5.41, 5.74) is 0. The van der Waals surface area contributed by atoms with Crippen LogP contribution in [0, 0.1) is 5.92 Å². The van der Waals surface area contributed by atoms with Gasteiger partial charge in [-0.2, -0.15) is 0 Å². The zero-order valence-corrected chi connectivity index (χ0v) is 11.4. The van der Waals surface area contributed by atoms with E-state index in [1.807, 2.05) is 0 Å². The normalized spacial score (nSPS) is 14.6. The quantitative estimate of drug-likeness (QED) is 0.471. The molecule has 1 unspecified atom stereocenters. The van der Waals surface area contributed by atoms with Crippen molar-refractivity contribution in [2.75, 3.05) is 14.2 Å². The monoisotopic (exact) mass is 236 g/mol. The van der Waals surface area contributed by atoms with E-state index in [1.54, 1.807) is 14.2 Å². The van der Waals surface area contributed by atoms with Gasteiger partial charge in [-0.25, -0.2) is 0 Å². The molecular weight excluding hydrogens is 212 g/mol. The Morgan fingerprint density at radius 2 is 1.73 bits per heavy atom. The first-order valence-corrected chi connectivity index (χ1v) is 6.01. The van der Waals surface area contributed by atoms with Crippen molar-refractivity contribution in [3.05, 3.63) is 0 Å². The van der Waals surface area contributed by atoms with Crippen LogP contribution in [0.25, 0.3) is 0 Å². The van der Waals surface area contributed by atoms with Crippen LogP contribution in [0.5, 0.6) is 0 Å². The number of halogens is 1. The number of methoxy groups -OCH3 is 2. The summed E-state index contributed by atoms with van der Waals surface area (Å²) in [6.07, 6.45) is 4.29. The first-order valence-electron chi connectivity index (χ1n) is 5.63. The van der Waals surface area contributed by atoms with Crippen molar-refractivity contribution in [1.29, 1.82) is 0 Å². The number of hydrogen-bond donors (Lipinski definition) is 0. The van der Waals surface area contributed by atoms with Crippen molar-refractivity contribution >= 4 is 11.6 Å². The average molecular weight is 237 g/mol. The molecule has 92 valence electrons. The van der Waals surface area contributed by atoms with Crippen molar-refractivity contribution in [1.82, 2.24) is 0 Å². The molecule has 0 aromatic carbocycles. The van der Waals surface area contributed by atoms with Crippen LogP contribution in [0.2, 0.25) is 0 Å². The molecule has 0 saturated carbocycles. The molecule has 0 aliphatic heterocycles. The highest BCUT2D eigenvalue weighted by Crippen LogP contribution is 2.23. The second-order valence-electron chi connectivity index (χ2n) is 4.85. The smallest absolute Gasteiger partial charge is 0.157 e. The maximum Gasteiger partial charge on any atom is 0.157 e. The van der Waals surface area contributed by atoms with Gasteiger partial charge in [-0.05, 0) is 26.2 Å². The molecule has 0 heterocycles. The van der Waals surface area contributed by atoms with Crippen LogP contribution in [0.15, 0.2) is 0 Å². The maximum atomic E-state index is 6.13. The Labute approximate surface area is 99.3 Å². The number of hydrogen-bond acceptors (Lipinski definition) is 2. The van der Waals surface area contributed by atoms with Crippen LogP contribution in [0.4, 0.5) is 0 Å². The van der Waals surface area contributed by atoms with Crippen LogP contribution >= 0.6 is 11.6 Å². The third kappa shape index (κ3) is 9.16. The Kier molecular flexibility index (Phi) is 7.58. The molecule has 0 fully saturated rings. The molecule has 0 aromatic heterocycles. The Morgan fingerprint density at radius 1 is 1.20 bits per heavy atom. The van der Waals surface area contributed by atoms with Crippen LogP contribution in [0.3, 0.4) is 0 Å². The molecule has 2 nitrogen and oxygen atoms in total. The van der Waals surface area contributed by atoms with Gasteiger partial charge in [0.1, 0.15) is 0 Å². The van der Waals surface area contributed by atoms with Gasteiger partial charge >= 0.3 is 0 Å². The van der Waals surface area contributed by atoms with Gasteiger partial charge in [0.05, 0.1) is 0 Å². The Morgan fingerprint density at radius 3 is 2.13 bits per heavy atom. The fourth-order valence-corrected chi connectivity index (χ4v) is 1.74. The van der Waals surface area contributed by atoms with Gasteiger partial charge in [0.25, 0.3) is 0 Å². The van der Waals surface area contributed by atoms with E-state index in [4.69, 9.17) is 21.1 Å². The summed E-state index contributed by atoms with van der Waals surface area (Å²) in [6, 6.07) is 0. The molecule has 0 aliphatic carbocycles. The molecule has 1 atom stereocenters. The van der Waals surface area contributed by atoms with Crippen molar-refractivity contribution in [2.45, 2.75) is 57.6 Å². The Bertz CT molecular complexity index is 150. The van der Waals surface area contributed by atoms with Crippen molar-refractivity contribution in [2.24, 2.45) is 5.92 Å². The van der Waals surface area contributed by atoms with E-state index in [-0.39, 0.29) is 11.2 Å². The molecule has 0 aliphatic rings. The number of ether oxygens (including phenoxy) is 2. The summed E-state index contributed by atoms with van der Waals surface area (Å²) in [5, 5.41) is 0. The van der Waals surface area contributed by atoms with Gasteiger partial charge in [-0.1, -0.05) is 19.8 Å². The van der Waals surface area contributed by atoms with E-state index in [9.17, 15) is 0 Å². The summed E-state index contributed by atoms with van der Waals surface area (Å²) in [7, 11) is 3.37. The van der Waals surface area contributed by atoms with Crippen molar-refractivity contribution < 1.29 is 9.47 Å². The van der Waals surface area contributed by atoms with E-state index < -0.39 is 0 Å². The summed E-state index contributed by atoms with van der Waals surface area (Å²) in [4.78, 5) is -0.0678. The van der Waals surface area contributed by atoms with Crippen molar-refractivity contribution in [3.63, 3.8) is 0 Å². The highest BCUT2D eigenvalue weighted by atomic mass is 35.5. The van der Waals surface area contributed by atoms with Gasteiger partial charge in [0.2, 0.25) is 0 Å². The minimum atomic E-state index is -0.0678. The van der Waals surface area contributed by atoms with Gasteiger partial charge in [0, 0.05) is 25.5 Å². The highest BCUT2D eigenvalue weighted by molar-refractivity contribution is 6.23. The largest absolute Gasteiger partial charge is 0.356 e. The Balaban J connectivity index is 3.61. The number of rotatable bonds is 8. The molecular formula is C12H25ClO2. The fraction of sp³-hybridized carbons (Fsp3) is 1.00. The van der Waals surface area contributed by atoms with Gasteiger partial charge in [-0.15, -0.1) is 11.6 Å². The van der Waals surface area contributed by atoms with Crippen LogP contribution in [0.1, 0.15) is 46.5 Å². The van der Waals surface area contributed by atoms with E-state index in [0.717, 1.165) is 19.3 Å². The summed E-state index contributed by atoms with van der Waals surface area (Å²) >= 11 is 6.13.